The molecule has 21 heavy (non-hydrogen) atoms. The fourth-order valence-electron chi connectivity index (χ4n) is 2.36. The summed E-state index contributed by atoms with van der Waals surface area (Å²) >= 11 is 0. The number of anilines is 1. The number of nitro benzene ring substituents is 1. The van der Waals surface area contributed by atoms with Crippen LogP contribution in [-0.2, 0) is 4.74 Å². The maximum Gasteiger partial charge on any atom is 0.270 e. The minimum absolute atomic E-state index is 0.0966. The van der Waals surface area contributed by atoms with Gasteiger partial charge in [0, 0.05) is 30.9 Å². The molecule has 1 heterocycles. The summed E-state index contributed by atoms with van der Waals surface area (Å²) in [6.45, 7) is 3.93. The summed E-state index contributed by atoms with van der Waals surface area (Å²) in [7, 11) is 0. The van der Waals surface area contributed by atoms with Crippen molar-refractivity contribution in [2.75, 3.05) is 24.6 Å². The van der Waals surface area contributed by atoms with Crippen LogP contribution in [0.25, 0.3) is 0 Å². The van der Waals surface area contributed by atoms with Gasteiger partial charge in [-0.15, -0.1) is 0 Å². The average molecular weight is 294 g/mol. The highest BCUT2D eigenvalue weighted by molar-refractivity contribution is 6.02. The Labute approximate surface area is 121 Å². The van der Waals surface area contributed by atoms with Crippen LogP contribution < -0.4 is 10.6 Å². The van der Waals surface area contributed by atoms with Crippen LogP contribution in [0.5, 0.6) is 0 Å². The smallest absolute Gasteiger partial charge is 0.270 e. The average Bonchev–Trinajstić information content (AvgIpc) is 2.53. The SMILES string of the molecule is CCC1CN(c2ccc([N+](=O)[O-])cc2C(N)=NO)CCO1. The van der Waals surface area contributed by atoms with Gasteiger partial charge in [-0.1, -0.05) is 12.1 Å². The molecule has 1 atom stereocenters. The highest BCUT2D eigenvalue weighted by Crippen LogP contribution is 2.27. The minimum Gasteiger partial charge on any atom is -0.409 e. The fraction of sp³-hybridized carbons (Fsp3) is 0.462. The van der Waals surface area contributed by atoms with Gasteiger partial charge in [-0.2, -0.15) is 0 Å². The molecule has 1 aromatic carbocycles. The van der Waals surface area contributed by atoms with Crippen LogP contribution in [0.2, 0.25) is 0 Å². The molecule has 0 bridgehead atoms. The zero-order chi connectivity index (χ0) is 15.4. The van der Waals surface area contributed by atoms with Crippen molar-refractivity contribution in [3.8, 4) is 0 Å². The molecule has 0 spiro atoms. The Morgan fingerprint density at radius 3 is 3.05 bits per heavy atom. The van der Waals surface area contributed by atoms with Crippen LogP contribution in [0.1, 0.15) is 18.9 Å². The summed E-state index contributed by atoms with van der Waals surface area (Å²) in [5, 5.41) is 22.7. The molecule has 2 rings (SSSR count). The third-order valence-corrected chi connectivity index (χ3v) is 3.51. The van der Waals surface area contributed by atoms with Gasteiger partial charge in [-0.3, -0.25) is 10.1 Å². The molecule has 3 N–H and O–H groups in total. The lowest BCUT2D eigenvalue weighted by atomic mass is 10.1. The van der Waals surface area contributed by atoms with E-state index in [1.807, 2.05) is 11.8 Å². The molecule has 1 unspecified atom stereocenters. The van der Waals surface area contributed by atoms with E-state index in [4.69, 9.17) is 15.7 Å². The van der Waals surface area contributed by atoms with E-state index in [0.717, 1.165) is 6.42 Å². The lowest BCUT2D eigenvalue weighted by molar-refractivity contribution is -0.384. The van der Waals surface area contributed by atoms with Crippen molar-refractivity contribution in [3.63, 3.8) is 0 Å². The minimum atomic E-state index is -0.508. The summed E-state index contributed by atoms with van der Waals surface area (Å²) in [5.41, 5.74) is 6.62. The maximum atomic E-state index is 10.9. The first-order valence-electron chi connectivity index (χ1n) is 6.69. The second-order valence-electron chi connectivity index (χ2n) is 4.79. The van der Waals surface area contributed by atoms with E-state index in [1.54, 1.807) is 6.07 Å². The number of hydrogen-bond acceptors (Lipinski definition) is 6. The van der Waals surface area contributed by atoms with Crippen molar-refractivity contribution in [1.82, 2.24) is 0 Å². The molecule has 1 saturated heterocycles. The number of morpholine rings is 1. The van der Waals surface area contributed by atoms with E-state index in [-0.39, 0.29) is 17.6 Å². The first-order valence-corrected chi connectivity index (χ1v) is 6.69. The van der Waals surface area contributed by atoms with Gasteiger partial charge in [0.2, 0.25) is 0 Å². The number of hydrogen-bond donors (Lipinski definition) is 2. The topological polar surface area (TPSA) is 114 Å². The van der Waals surface area contributed by atoms with E-state index in [1.165, 1.54) is 12.1 Å². The molecule has 0 aliphatic carbocycles. The molecule has 0 aromatic heterocycles. The first-order chi connectivity index (χ1) is 10.1. The van der Waals surface area contributed by atoms with Gasteiger partial charge in [0.1, 0.15) is 0 Å². The summed E-state index contributed by atoms with van der Waals surface area (Å²) in [4.78, 5) is 12.4. The van der Waals surface area contributed by atoms with Crippen LogP contribution >= 0.6 is 0 Å². The van der Waals surface area contributed by atoms with Gasteiger partial charge < -0.3 is 20.6 Å². The van der Waals surface area contributed by atoms with E-state index < -0.39 is 4.92 Å². The van der Waals surface area contributed by atoms with Crippen LogP contribution in [0.3, 0.4) is 0 Å². The van der Waals surface area contributed by atoms with Crippen molar-refractivity contribution >= 4 is 17.2 Å². The van der Waals surface area contributed by atoms with Crippen molar-refractivity contribution in [1.29, 1.82) is 0 Å². The Kier molecular flexibility index (Phi) is 4.59. The maximum absolute atomic E-state index is 10.9. The summed E-state index contributed by atoms with van der Waals surface area (Å²) < 4.78 is 5.61. The Morgan fingerprint density at radius 1 is 1.67 bits per heavy atom. The lowest BCUT2D eigenvalue weighted by Gasteiger charge is -2.35. The number of non-ortho nitro benzene ring substituents is 1. The molecule has 1 aliphatic rings. The van der Waals surface area contributed by atoms with E-state index in [0.29, 0.717) is 30.9 Å². The summed E-state index contributed by atoms with van der Waals surface area (Å²) in [6, 6.07) is 4.37. The van der Waals surface area contributed by atoms with E-state index in [2.05, 4.69) is 5.16 Å². The highest BCUT2D eigenvalue weighted by Gasteiger charge is 2.23. The normalized spacial score (nSPS) is 19.6. The van der Waals surface area contributed by atoms with Crippen molar-refractivity contribution in [2.45, 2.75) is 19.4 Å². The molecule has 1 aliphatic heterocycles. The van der Waals surface area contributed by atoms with Crippen molar-refractivity contribution < 1.29 is 14.9 Å². The van der Waals surface area contributed by atoms with Crippen molar-refractivity contribution in [3.05, 3.63) is 33.9 Å². The zero-order valence-electron chi connectivity index (χ0n) is 11.7. The highest BCUT2D eigenvalue weighted by atomic mass is 16.6. The van der Waals surface area contributed by atoms with Gasteiger partial charge >= 0.3 is 0 Å². The number of rotatable bonds is 4. The second-order valence-corrected chi connectivity index (χ2v) is 4.79. The number of oxime groups is 1. The van der Waals surface area contributed by atoms with Gasteiger partial charge in [-0.25, -0.2) is 0 Å². The Morgan fingerprint density at radius 2 is 2.43 bits per heavy atom. The standard InChI is InChI=1S/C13H18N4O4/c1-2-10-8-16(5-6-21-10)12-4-3-9(17(19)20)7-11(12)13(14)15-18/h3-4,7,10,18H,2,5-6,8H2,1H3,(H2,14,15). The number of nitrogens with two attached hydrogens (primary N) is 1. The molecule has 0 saturated carbocycles. The molecule has 0 amide bonds. The van der Waals surface area contributed by atoms with Crippen LogP contribution in [-0.4, -0.2) is 41.8 Å². The predicted molar refractivity (Wildman–Crippen MR) is 77.9 cm³/mol. The van der Waals surface area contributed by atoms with Gasteiger partial charge in [-0.05, 0) is 12.5 Å². The van der Waals surface area contributed by atoms with Crippen LogP contribution in [0, 0.1) is 10.1 Å². The number of benzene rings is 1. The molecular weight excluding hydrogens is 276 g/mol. The third-order valence-electron chi connectivity index (χ3n) is 3.51. The van der Waals surface area contributed by atoms with Crippen LogP contribution in [0.4, 0.5) is 11.4 Å². The molecule has 0 radical (unpaired) electrons. The van der Waals surface area contributed by atoms with Gasteiger partial charge in [0.15, 0.2) is 5.84 Å². The Hall–Kier alpha value is -2.35. The number of nitrogens with zero attached hydrogens (tertiary/aromatic N) is 3. The Balaban J connectivity index is 2.40. The van der Waals surface area contributed by atoms with E-state index >= 15 is 0 Å². The predicted octanol–water partition coefficient (Wildman–Crippen LogP) is 1.30. The molecule has 1 aromatic rings. The summed E-state index contributed by atoms with van der Waals surface area (Å²) in [5.74, 6) is -0.145. The molecule has 8 nitrogen and oxygen atoms in total. The number of ether oxygens (including phenoxy) is 1. The number of amidine groups is 1. The monoisotopic (exact) mass is 294 g/mol. The van der Waals surface area contributed by atoms with E-state index in [9.17, 15) is 10.1 Å². The second kappa shape index (κ2) is 6.40. The molecule has 1 fully saturated rings. The Bertz CT molecular complexity index is 561. The first kappa shape index (κ1) is 15.0. The van der Waals surface area contributed by atoms with Gasteiger partial charge in [0.25, 0.3) is 5.69 Å². The third kappa shape index (κ3) is 3.22. The quantitative estimate of drug-likeness (QED) is 0.284. The summed E-state index contributed by atoms with van der Waals surface area (Å²) in [6.07, 6.45) is 0.983. The fourth-order valence-corrected chi connectivity index (χ4v) is 2.36. The molecular formula is C13H18N4O4. The zero-order valence-corrected chi connectivity index (χ0v) is 11.7. The van der Waals surface area contributed by atoms with Gasteiger partial charge in [0.05, 0.1) is 23.2 Å². The lowest BCUT2D eigenvalue weighted by Crippen LogP contribution is -2.43. The van der Waals surface area contributed by atoms with Crippen molar-refractivity contribution in [2.24, 2.45) is 10.9 Å². The van der Waals surface area contributed by atoms with Crippen LogP contribution in [0.15, 0.2) is 23.4 Å². The number of nitro groups is 1. The molecule has 8 heteroatoms. The molecule has 114 valence electrons. The largest absolute Gasteiger partial charge is 0.409 e.